The number of esters is 1. The minimum atomic E-state index is -0.364. The molecule has 0 aliphatic carbocycles. The van der Waals surface area contributed by atoms with E-state index in [1.807, 2.05) is 36.4 Å². The van der Waals surface area contributed by atoms with E-state index in [1.165, 1.54) is 7.11 Å². The van der Waals surface area contributed by atoms with E-state index in [4.69, 9.17) is 9.47 Å². The predicted octanol–water partition coefficient (Wildman–Crippen LogP) is 3.53. The summed E-state index contributed by atoms with van der Waals surface area (Å²) >= 11 is 0. The summed E-state index contributed by atoms with van der Waals surface area (Å²) in [5, 5.41) is 0.869. The summed E-state index contributed by atoms with van der Waals surface area (Å²) in [7, 11) is 1.37. The zero-order valence-electron chi connectivity index (χ0n) is 11.6. The Morgan fingerprint density at radius 1 is 1.10 bits per heavy atom. The summed E-state index contributed by atoms with van der Waals surface area (Å²) in [6.45, 7) is 0.485. The first-order valence-electron chi connectivity index (χ1n) is 6.64. The van der Waals surface area contributed by atoms with Crippen molar-refractivity contribution in [1.82, 2.24) is 4.98 Å². The molecule has 0 fully saturated rings. The Labute approximate surface area is 122 Å². The Bertz CT molecular complexity index is 762. The Morgan fingerprint density at radius 3 is 2.67 bits per heavy atom. The van der Waals surface area contributed by atoms with E-state index in [0.717, 1.165) is 22.2 Å². The van der Waals surface area contributed by atoms with Crippen LogP contribution in [0.1, 0.15) is 15.9 Å². The Kier molecular flexibility index (Phi) is 3.60. The molecule has 21 heavy (non-hydrogen) atoms. The number of hydrogen-bond donors (Lipinski definition) is 1. The molecule has 0 aliphatic rings. The van der Waals surface area contributed by atoms with Gasteiger partial charge in [-0.1, -0.05) is 30.3 Å². The van der Waals surface area contributed by atoms with Gasteiger partial charge in [-0.05, 0) is 23.8 Å². The van der Waals surface area contributed by atoms with Gasteiger partial charge in [0.05, 0.1) is 18.2 Å². The van der Waals surface area contributed by atoms with Crippen LogP contribution in [-0.4, -0.2) is 18.1 Å². The summed E-state index contributed by atoms with van der Waals surface area (Å²) in [5.41, 5.74) is 2.33. The van der Waals surface area contributed by atoms with Crippen LogP contribution in [-0.2, 0) is 11.3 Å². The number of methoxy groups -OCH3 is 1. The largest absolute Gasteiger partial charge is 0.488 e. The first-order valence-corrected chi connectivity index (χ1v) is 6.64. The maximum absolute atomic E-state index is 11.7. The van der Waals surface area contributed by atoms with E-state index in [2.05, 4.69) is 4.98 Å². The molecule has 106 valence electrons. The number of carbonyl (C=O) groups excluding carboxylic acids is 1. The average molecular weight is 281 g/mol. The van der Waals surface area contributed by atoms with Gasteiger partial charge in [-0.15, -0.1) is 0 Å². The fraction of sp³-hybridized carbons (Fsp3) is 0.118. The van der Waals surface area contributed by atoms with Crippen LogP contribution in [0.25, 0.3) is 10.9 Å². The maximum atomic E-state index is 11.7. The molecule has 4 heteroatoms. The second kappa shape index (κ2) is 5.71. The summed E-state index contributed by atoms with van der Waals surface area (Å²) < 4.78 is 10.6. The quantitative estimate of drug-likeness (QED) is 0.744. The van der Waals surface area contributed by atoms with Gasteiger partial charge >= 0.3 is 5.97 Å². The predicted molar refractivity (Wildman–Crippen MR) is 80.4 cm³/mol. The van der Waals surface area contributed by atoms with Gasteiger partial charge in [0.1, 0.15) is 12.4 Å². The molecule has 0 bridgehead atoms. The van der Waals surface area contributed by atoms with Crippen molar-refractivity contribution in [2.24, 2.45) is 0 Å². The van der Waals surface area contributed by atoms with Crippen LogP contribution in [0.15, 0.2) is 54.7 Å². The van der Waals surface area contributed by atoms with Gasteiger partial charge in [0.2, 0.25) is 0 Å². The molecular weight excluding hydrogens is 266 g/mol. The molecule has 3 aromatic rings. The van der Waals surface area contributed by atoms with Gasteiger partial charge in [0, 0.05) is 11.6 Å². The molecule has 0 amide bonds. The number of aromatic amines is 1. The van der Waals surface area contributed by atoms with Gasteiger partial charge in [-0.3, -0.25) is 0 Å². The van der Waals surface area contributed by atoms with E-state index in [0.29, 0.717) is 12.2 Å². The summed E-state index contributed by atoms with van der Waals surface area (Å²) in [4.78, 5) is 14.8. The Balaban J connectivity index is 1.90. The number of aromatic nitrogens is 1. The van der Waals surface area contributed by atoms with Crippen LogP contribution in [0.3, 0.4) is 0 Å². The van der Waals surface area contributed by atoms with Crippen molar-refractivity contribution in [2.45, 2.75) is 6.61 Å². The molecule has 1 aromatic heterocycles. The highest BCUT2D eigenvalue weighted by Crippen LogP contribution is 2.28. The summed E-state index contributed by atoms with van der Waals surface area (Å²) in [5.74, 6) is 0.375. The fourth-order valence-electron chi connectivity index (χ4n) is 2.27. The number of fused-ring (bicyclic) bond motifs is 1. The molecule has 0 aliphatic heterocycles. The molecule has 1 N–H and O–H groups in total. The standard InChI is InChI=1S/C17H15NO3/c1-20-17(19)14-7-8-15(13-9-10-18-16(13)14)21-11-12-5-3-2-4-6-12/h2-10,18H,11H2,1H3. The molecule has 0 spiro atoms. The highest BCUT2D eigenvalue weighted by Gasteiger charge is 2.14. The van der Waals surface area contributed by atoms with E-state index in [9.17, 15) is 4.79 Å². The first-order chi connectivity index (χ1) is 10.3. The Hall–Kier alpha value is -2.75. The van der Waals surface area contributed by atoms with Crippen molar-refractivity contribution < 1.29 is 14.3 Å². The molecule has 0 unspecified atom stereocenters. The number of benzene rings is 2. The smallest absolute Gasteiger partial charge is 0.340 e. The van der Waals surface area contributed by atoms with E-state index in [-0.39, 0.29) is 5.97 Å². The topological polar surface area (TPSA) is 51.3 Å². The highest BCUT2D eigenvalue weighted by atomic mass is 16.5. The van der Waals surface area contributed by atoms with Crippen molar-refractivity contribution in [1.29, 1.82) is 0 Å². The molecule has 0 saturated carbocycles. The van der Waals surface area contributed by atoms with Crippen LogP contribution < -0.4 is 4.74 Å². The number of rotatable bonds is 4. The Morgan fingerprint density at radius 2 is 1.90 bits per heavy atom. The second-order valence-electron chi connectivity index (χ2n) is 4.64. The maximum Gasteiger partial charge on any atom is 0.340 e. The highest BCUT2D eigenvalue weighted by molar-refractivity contribution is 6.04. The molecule has 0 radical (unpaired) electrons. The second-order valence-corrected chi connectivity index (χ2v) is 4.64. The van der Waals surface area contributed by atoms with Gasteiger partial charge in [0.25, 0.3) is 0 Å². The SMILES string of the molecule is COC(=O)c1ccc(OCc2ccccc2)c2cc[nH]c12. The molecule has 0 saturated heterocycles. The molecule has 2 aromatic carbocycles. The van der Waals surface area contributed by atoms with Gasteiger partial charge in [0.15, 0.2) is 0 Å². The monoisotopic (exact) mass is 281 g/mol. The van der Waals surface area contributed by atoms with Crippen molar-refractivity contribution in [2.75, 3.05) is 7.11 Å². The van der Waals surface area contributed by atoms with Crippen LogP contribution in [0.2, 0.25) is 0 Å². The molecule has 4 nitrogen and oxygen atoms in total. The third-order valence-electron chi connectivity index (χ3n) is 3.33. The van der Waals surface area contributed by atoms with Gasteiger partial charge in [-0.25, -0.2) is 4.79 Å². The number of hydrogen-bond acceptors (Lipinski definition) is 3. The van der Waals surface area contributed by atoms with Crippen molar-refractivity contribution in [3.8, 4) is 5.75 Å². The molecule has 3 rings (SSSR count). The normalized spacial score (nSPS) is 10.5. The number of ether oxygens (including phenoxy) is 2. The third-order valence-corrected chi connectivity index (χ3v) is 3.33. The van der Waals surface area contributed by atoms with E-state index >= 15 is 0 Å². The van der Waals surface area contributed by atoms with Crippen LogP contribution >= 0.6 is 0 Å². The lowest BCUT2D eigenvalue weighted by Gasteiger charge is -2.09. The van der Waals surface area contributed by atoms with Gasteiger partial charge in [-0.2, -0.15) is 0 Å². The van der Waals surface area contributed by atoms with Crippen LogP contribution in [0.4, 0.5) is 0 Å². The molecule has 1 heterocycles. The third kappa shape index (κ3) is 2.60. The number of carbonyl (C=O) groups is 1. The average Bonchev–Trinajstić information content (AvgIpc) is 3.02. The zero-order valence-corrected chi connectivity index (χ0v) is 11.6. The van der Waals surface area contributed by atoms with Crippen molar-refractivity contribution in [3.63, 3.8) is 0 Å². The minimum absolute atomic E-state index is 0.364. The lowest BCUT2D eigenvalue weighted by molar-refractivity contribution is 0.0603. The minimum Gasteiger partial charge on any atom is -0.488 e. The zero-order chi connectivity index (χ0) is 14.7. The lowest BCUT2D eigenvalue weighted by atomic mass is 10.1. The van der Waals surface area contributed by atoms with Crippen molar-refractivity contribution in [3.05, 3.63) is 65.9 Å². The van der Waals surface area contributed by atoms with Crippen LogP contribution in [0.5, 0.6) is 5.75 Å². The molecular formula is C17H15NO3. The fourth-order valence-corrected chi connectivity index (χ4v) is 2.27. The first kappa shape index (κ1) is 13.2. The van der Waals surface area contributed by atoms with Crippen LogP contribution in [0, 0.1) is 0 Å². The van der Waals surface area contributed by atoms with Gasteiger partial charge < -0.3 is 14.5 Å². The number of H-pyrrole nitrogens is 1. The van der Waals surface area contributed by atoms with E-state index in [1.54, 1.807) is 18.3 Å². The lowest BCUT2D eigenvalue weighted by Crippen LogP contribution is -2.03. The molecule has 0 atom stereocenters. The summed E-state index contributed by atoms with van der Waals surface area (Å²) in [6.07, 6.45) is 1.78. The number of nitrogens with one attached hydrogen (secondary N) is 1. The summed E-state index contributed by atoms with van der Waals surface area (Å²) in [6, 6.07) is 15.3. The van der Waals surface area contributed by atoms with Crippen molar-refractivity contribution >= 4 is 16.9 Å². The van der Waals surface area contributed by atoms with E-state index < -0.39 is 0 Å².